The quantitative estimate of drug-likeness (QED) is 0.606. The number of thiophene rings is 1. The number of nitrogens with one attached hydrogen (secondary N) is 1. The Labute approximate surface area is 126 Å². The minimum Gasteiger partial charge on any atom is -0.435 e. The van der Waals surface area contributed by atoms with E-state index in [-0.39, 0.29) is 11.8 Å². The first-order valence-corrected chi connectivity index (χ1v) is 7.52. The maximum Gasteiger partial charge on any atom is 0.387 e. The van der Waals surface area contributed by atoms with Crippen molar-refractivity contribution in [2.24, 2.45) is 5.84 Å². The summed E-state index contributed by atoms with van der Waals surface area (Å²) in [6.45, 7) is -0.686. The Kier molecular flexibility index (Phi) is 5.67. The van der Waals surface area contributed by atoms with Gasteiger partial charge in [0, 0.05) is 16.2 Å². The van der Waals surface area contributed by atoms with Crippen LogP contribution in [0.1, 0.15) is 28.3 Å². The molecule has 21 heavy (non-hydrogen) atoms. The molecule has 0 radical (unpaired) electrons. The molecule has 114 valence electrons. The van der Waals surface area contributed by atoms with Crippen molar-refractivity contribution in [3.8, 4) is 5.75 Å². The van der Waals surface area contributed by atoms with Crippen molar-refractivity contribution >= 4 is 11.3 Å². The molecule has 0 fully saturated rings. The number of hydrazine groups is 1. The summed E-state index contributed by atoms with van der Waals surface area (Å²) in [6, 6.07) is 10.7. The number of aryl methyl sites for hydroxylation is 1. The summed E-state index contributed by atoms with van der Waals surface area (Å²) < 4.78 is 28.6. The fourth-order valence-corrected chi connectivity index (χ4v) is 3.08. The summed E-state index contributed by atoms with van der Waals surface area (Å²) in [7, 11) is 0. The Balaban J connectivity index is 2.06. The summed E-state index contributed by atoms with van der Waals surface area (Å²) >= 11 is 1.76. The molecule has 1 unspecified atom stereocenters. The third-order valence-corrected chi connectivity index (χ3v) is 4.43. The largest absolute Gasteiger partial charge is 0.435 e. The molecular weight excluding hydrogens is 294 g/mol. The van der Waals surface area contributed by atoms with E-state index in [4.69, 9.17) is 5.84 Å². The maximum absolute atomic E-state index is 12.1. The van der Waals surface area contributed by atoms with Crippen LogP contribution >= 0.6 is 11.3 Å². The van der Waals surface area contributed by atoms with Gasteiger partial charge >= 0.3 is 6.61 Å². The van der Waals surface area contributed by atoms with Gasteiger partial charge < -0.3 is 4.74 Å². The van der Waals surface area contributed by atoms with E-state index < -0.39 is 6.61 Å². The van der Waals surface area contributed by atoms with Crippen LogP contribution in [-0.2, 0) is 12.8 Å². The van der Waals surface area contributed by atoms with Crippen LogP contribution in [0.4, 0.5) is 8.78 Å². The fraction of sp³-hybridized carbons (Fsp3) is 0.333. The van der Waals surface area contributed by atoms with Crippen molar-refractivity contribution in [1.82, 2.24) is 5.43 Å². The Morgan fingerprint density at radius 1 is 1.14 bits per heavy atom. The second-order valence-corrected chi connectivity index (χ2v) is 5.85. The van der Waals surface area contributed by atoms with Gasteiger partial charge in [-0.25, -0.2) is 0 Å². The first kappa shape index (κ1) is 15.9. The van der Waals surface area contributed by atoms with Gasteiger partial charge in [-0.2, -0.15) is 8.78 Å². The highest BCUT2D eigenvalue weighted by Crippen LogP contribution is 2.25. The van der Waals surface area contributed by atoms with Crippen molar-refractivity contribution in [2.75, 3.05) is 0 Å². The van der Waals surface area contributed by atoms with Gasteiger partial charge in [0.1, 0.15) is 5.75 Å². The molecule has 0 amide bonds. The van der Waals surface area contributed by atoms with Gasteiger partial charge in [0.15, 0.2) is 0 Å². The van der Waals surface area contributed by atoms with Gasteiger partial charge in [0.25, 0.3) is 0 Å². The summed E-state index contributed by atoms with van der Waals surface area (Å²) in [5.74, 6) is 5.76. The maximum atomic E-state index is 12.1. The van der Waals surface area contributed by atoms with Gasteiger partial charge in [0.05, 0.1) is 6.04 Å². The topological polar surface area (TPSA) is 47.3 Å². The average Bonchev–Trinajstić information content (AvgIpc) is 2.93. The molecule has 0 aliphatic rings. The van der Waals surface area contributed by atoms with Crippen molar-refractivity contribution in [1.29, 1.82) is 0 Å². The lowest BCUT2D eigenvalue weighted by atomic mass is 10.0. The van der Waals surface area contributed by atoms with Crippen LogP contribution in [0.3, 0.4) is 0 Å². The Morgan fingerprint density at radius 2 is 1.81 bits per heavy atom. The number of alkyl halides is 2. The minimum absolute atomic E-state index is 0.0612. The van der Waals surface area contributed by atoms with E-state index in [0.29, 0.717) is 0 Å². The van der Waals surface area contributed by atoms with E-state index in [1.54, 1.807) is 23.5 Å². The number of nitrogens with two attached hydrogens (primary N) is 1. The van der Waals surface area contributed by atoms with Crippen LogP contribution < -0.4 is 16.0 Å². The minimum atomic E-state index is -2.81. The molecule has 0 aliphatic carbocycles. The number of halogens is 2. The molecule has 0 saturated carbocycles. The predicted molar refractivity (Wildman–Crippen MR) is 80.5 cm³/mol. The number of ether oxygens (including phenoxy) is 1. The van der Waals surface area contributed by atoms with E-state index in [1.807, 2.05) is 0 Å². The fourth-order valence-electron chi connectivity index (χ4n) is 2.08. The van der Waals surface area contributed by atoms with Gasteiger partial charge in [-0.05, 0) is 36.2 Å². The normalized spacial score (nSPS) is 12.6. The predicted octanol–water partition coefficient (Wildman–Crippen LogP) is 3.66. The first-order valence-electron chi connectivity index (χ1n) is 6.71. The van der Waals surface area contributed by atoms with Gasteiger partial charge in [-0.1, -0.05) is 19.1 Å². The molecule has 0 aliphatic heterocycles. The lowest BCUT2D eigenvalue weighted by Gasteiger charge is -2.16. The zero-order chi connectivity index (χ0) is 15.2. The van der Waals surface area contributed by atoms with Gasteiger partial charge in [-0.15, -0.1) is 11.3 Å². The van der Waals surface area contributed by atoms with Crippen LogP contribution in [0, 0.1) is 0 Å². The molecule has 0 bridgehead atoms. The van der Waals surface area contributed by atoms with E-state index >= 15 is 0 Å². The molecule has 3 N–H and O–H groups in total. The second kappa shape index (κ2) is 7.49. The summed E-state index contributed by atoms with van der Waals surface area (Å²) in [6.07, 6.45) is 1.78. The zero-order valence-electron chi connectivity index (χ0n) is 11.7. The van der Waals surface area contributed by atoms with Crippen LogP contribution in [0.25, 0.3) is 0 Å². The molecule has 1 heterocycles. The van der Waals surface area contributed by atoms with Crippen molar-refractivity contribution < 1.29 is 13.5 Å². The highest BCUT2D eigenvalue weighted by Gasteiger charge is 2.13. The molecule has 0 spiro atoms. The smallest absolute Gasteiger partial charge is 0.387 e. The van der Waals surface area contributed by atoms with Crippen LogP contribution in [0.15, 0.2) is 36.4 Å². The third kappa shape index (κ3) is 4.49. The Hall–Kier alpha value is -1.50. The van der Waals surface area contributed by atoms with Gasteiger partial charge in [0.2, 0.25) is 0 Å². The lowest BCUT2D eigenvalue weighted by molar-refractivity contribution is -0.0498. The van der Waals surface area contributed by atoms with E-state index in [2.05, 4.69) is 29.2 Å². The van der Waals surface area contributed by atoms with Crippen molar-refractivity contribution in [2.45, 2.75) is 32.4 Å². The highest BCUT2D eigenvalue weighted by atomic mass is 32.1. The van der Waals surface area contributed by atoms with E-state index in [1.165, 1.54) is 21.9 Å². The SMILES string of the molecule is CCc1ccc(CC(NN)c2ccc(OC(F)F)cc2)s1. The van der Waals surface area contributed by atoms with E-state index in [0.717, 1.165) is 18.4 Å². The third-order valence-electron chi connectivity index (χ3n) is 3.18. The summed E-state index contributed by atoms with van der Waals surface area (Å²) in [5, 5.41) is 0. The molecule has 1 aromatic heterocycles. The molecule has 1 atom stereocenters. The number of benzene rings is 1. The lowest BCUT2D eigenvalue weighted by Crippen LogP contribution is -2.29. The number of hydrogen-bond donors (Lipinski definition) is 2. The van der Waals surface area contributed by atoms with Crippen LogP contribution in [0.2, 0.25) is 0 Å². The van der Waals surface area contributed by atoms with Crippen molar-refractivity contribution in [3.63, 3.8) is 0 Å². The molecule has 2 aromatic rings. The standard InChI is InChI=1S/C15H18F2N2OS/c1-2-12-7-8-13(21-12)9-14(19-18)10-3-5-11(6-4-10)20-15(16)17/h3-8,14-15,19H,2,9,18H2,1H3. The molecule has 0 saturated heterocycles. The summed E-state index contributed by atoms with van der Waals surface area (Å²) in [5.41, 5.74) is 3.71. The van der Waals surface area contributed by atoms with Gasteiger partial charge in [-0.3, -0.25) is 11.3 Å². The highest BCUT2D eigenvalue weighted by molar-refractivity contribution is 7.11. The molecule has 3 nitrogen and oxygen atoms in total. The zero-order valence-corrected chi connectivity index (χ0v) is 12.5. The number of hydrogen-bond acceptors (Lipinski definition) is 4. The second-order valence-electron chi connectivity index (χ2n) is 4.59. The monoisotopic (exact) mass is 312 g/mol. The number of rotatable bonds is 7. The molecule has 1 aromatic carbocycles. The van der Waals surface area contributed by atoms with E-state index in [9.17, 15) is 8.78 Å². The summed E-state index contributed by atoms with van der Waals surface area (Å²) in [4.78, 5) is 2.57. The van der Waals surface area contributed by atoms with Crippen molar-refractivity contribution in [3.05, 3.63) is 51.7 Å². The Bertz CT molecular complexity index is 557. The Morgan fingerprint density at radius 3 is 2.33 bits per heavy atom. The first-order chi connectivity index (χ1) is 10.1. The molecular formula is C15H18F2N2OS. The van der Waals surface area contributed by atoms with Crippen LogP contribution in [-0.4, -0.2) is 6.61 Å². The molecule has 6 heteroatoms. The molecule has 2 rings (SSSR count). The average molecular weight is 312 g/mol. The van der Waals surface area contributed by atoms with Crippen LogP contribution in [0.5, 0.6) is 5.75 Å².